The van der Waals surface area contributed by atoms with E-state index < -0.39 is 0 Å². The zero-order chi connectivity index (χ0) is 19.4. The Bertz CT molecular complexity index is 774. The van der Waals surface area contributed by atoms with E-state index in [0.717, 1.165) is 18.4 Å². The molecule has 1 saturated heterocycles. The molecule has 2 heterocycles. The van der Waals surface area contributed by atoms with Crippen LogP contribution in [0.1, 0.15) is 48.0 Å². The molecular formula is C21H25FN2O2S. The van der Waals surface area contributed by atoms with Gasteiger partial charge in [-0.25, -0.2) is 4.39 Å². The Morgan fingerprint density at radius 1 is 1.22 bits per heavy atom. The summed E-state index contributed by atoms with van der Waals surface area (Å²) in [4.78, 5) is 28.0. The van der Waals surface area contributed by atoms with E-state index in [0.29, 0.717) is 18.0 Å². The molecule has 1 aromatic heterocycles. The average Bonchev–Trinajstić information content (AvgIpc) is 3.21. The van der Waals surface area contributed by atoms with Gasteiger partial charge in [-0.15, -0.1) is 11.3 Å². The molecule has 1 fully saturated rings. The van der Waals surface area contributed by atoms with Gasteiger partial charge in [-0.3, -0.25) is 9.59 Å². The van der Waals surface area contributed by atoms with E-state index in [4.69, 9.17) is 0 Å². The minimum Gasteiger partial charge on any atom is -0.349 e. The molecule has 0 aliphatic carbocycles. The molecule has 2 aromatic rings. The lowest BCUT2D eigenvalue weighted by molar-refractivity contribution is -0.127. The molecule has 1 N–H and O–H groups in total. The number of hydrogen-bond acceptors (Lipinski definition) is 3. The Morgan fingerprint density at radius 2 is 1.96 bits per heavy atom. The lowest BCUT2D eigenvalue weighted by Gasteiger charge is -2.33. The van der Waals surface area contributed by atoms with Crippen molar-refractivity contribution < 1.29 is 14.0 Å². The van der Waals surface area contributed by atoms with E-state index in [1.54, 1.807) is 17.0 Å². The number of thiophene rings is 1. The van der Waals surface area contributed by atoms with Crippen molar-refractivity contribution in [2.24, 2.45) is 11.8 Å². The highest BCUT2D eigenvalue weighted by molar-refractivity contribution is 7.12. The summed E-state index contributed by atoms with van der Waals surface area (Å²) >= 11 is 1.42. The molecule has 0 radical (unpaired) electrons. The van der Waals surface area contributed by atoms with Crippen molar-refractivity contribution in [2.75, 3.05) is 13.1 Å². The third-order valence-corrected chi connectivity index (χ3v) is 5.86. The van der Waals surface area contributed by atoms with Gasteiger partial charge in [0.1, 0.15) is 5.82 Å². The fourth-order valence-corrected chi connectivity index (χ4v) is 4.20. The van der Waals surface area contributed by atoms with Gasteiger partial charge in [0.25, 0.3) is 5.91 Å². The van der Waals surface area contributed by atoms with Crippen LogP contribution in [0.3, 0.4) is 0 Å². The summed E-state index contributed by atoms with van der Waals surface area (Å²) in [6, 6.07) is 9.77. The van der Waals surface area contributed by atoms with Crippen LogP contribution in [0, 0.1) is 17.7 Å². The van der Waals surface area contributed by atoms with E-state index in [-0.39, 0.29) is 35.5 Å². The summed E-state index contributed by atoms with van der Waals surface area (Å²) in [6.45, 7) is 5.19. The first-order valence-corrected chi connectivity index (χ1v) is 10.2. The van der Waals surface area contributed by atoms with Crippen molar-refractivity contribution in [3.8, 4) is 0 Å². The first-order chi connectivity index (χ1) is 13.0. The normalized spacial score (nSPS) is 18.4. The molecule has 1 aliphatic heterocycles. The Kier molecular flexibility index (Phi) is 6.26. The average molecular weight is 389 g/mol. The van der Waals surface area contributed by atoms with Gasteiger partial charge in [-0.05, 0) is 47.9 Å². The lowest BCUT2D eigenvalue weighted by Crippen LogP contribution is -2.46. The summed E-state index contributed by atoms with van der Waals surface area (Å²) in [5.74, 6) is -0.373. The molecule has 0 bridgehead atoms. The molecule has 3 rings (SSSR count). The number of carbonyl (C=O) groups is 2. The SMILES string of the molecule is CC(C)C(NC(=O)C1CCCN(C(=O)c2cccs2)C1)c1ccc(F)cc1. The van der Waals surface area contributed by atoms with Crippen molar-refractivity contribution in [3.05, 3.63) is 58.0 Å². The Hall–Kier alpha value is -2.21. The van der Waals surface area contributed by atoms with Crippen LogP contribution in [0.15, 0.2) is 41.8 Å². The summed E-state index contributed by atoms with van der Waals surface area (Å²) in [7, 11) is 0. The maximum absolute atomic E-state index is 13.2. The van der Waals surface area contributed by atoms with Gasteiger partial charge in [-0.2, -0.15) is 0 Å². The quantitative estimate of drug-likeness (QED) is 0.832. The van der Waals surface area contributed by atoms with Crippen molar-refractivity contribution in [1.29, 1.82) is 0 Å². The summed E-state index contributed by atoms with van der Waals surface area (Å²) in [5.41, 5.74) is 0.891. The smallest absolute Gasteiger partial charge is 0.263 e. The van der Waals surface area contributed by atoms with Crippen molar-refractivity contribution >= 4 is 23.2 Å². The highest BCUT2D eigenvalue weighted by Crippen LogP contribution is 2.25. The van der Waals surface area contributed by atoms with E-state index >= 15 is 0 Å². The molecule has 2 amide bonds. The van der Waals surface area contributed by atoms with Gasteiger partial charge in [-0.1, -0.05) is 32.0 Å². The number of benzene rings is 1. The van der Waals surface area contributed by atoms with Crippen LogP contribution in [-0.4, -0.2) is 29.8 Å². The zero-order valence-corrected chi connectivity index (χ0v) is 16.5. The third-order valence-electron chi connectivity index (χ3n) is 5.00. The fraction of sp³-hybridized carbons (Fsp3) is 0.429. The summed E-state index contributed by atoms with van der Waals surface area (Å²) < 4.78 is 13.2. The molecule has 2 atom stereocenters. The second-order valence-corrected chi connectivity index (χ2v) is 8.30. The van der Waals surface area contributed by atoms with Crippen molar-refractivity contribution in [2.45, 2.75) is 32.7 Å². The van der Waals surface area contributed by atoms with E-state index in [1.165, 1.54) is 23.5 Å². The number of hydrogen-bond donors (Lipinski definition) is 1. The number of piperidine rings is 1. The minimum atomic E-state index is -0.289. The largest absolute Gasteiger partial charge is 0.349 e. The molecule has 4 nitrogen and oxygen atoms in total. The standard InChI is InChI=1S/C21H25FN2O2S/c1-14(2)19(15-7-9-17(22)10-8-15)23-20(25)16-5-3-11-24(13-16)21(26)18-6-4-12-27-18/h4,6-10,12,14,16,19H,3,5,11,13H2,1-2H3,(H,23,25). The number of halogens is 1. The van der Waals surface area contributed by atoms with Gasteiger partial charge in [0.15, 0.2) is 0 Å². The van der Waals surface area contributed by atoms with Crippen LogP contribution < -0.4 is 5.32 Å². The van der Waals surface area contributed by atoms with Crippen LogP contribution >= 0.6 is 11.3 Å². The van der Waals surface area contributed by atoms with E-state index in [1.807, 2.05) is 31.4 Å². The predicted molar refractivity (Wildman–Crippen MR) is 105 cm³/mol. The predicted octanol–water partition coefficient (Wildman–Crippen LogP) is 4.25. The first kappa shape index (κ1) is 19.5. The third kappa shape index (κ3) is 4.75. The van der Waals surface area contributed by atoms with Crippen molar-refractivity contribution in [1.82, 2.24) is 10.2 Å². The summed E-state index contributed by atoms with van der Waals surface area (Å²) in [6.07, 6.45) is 1.59. The molecule has 1 aromatic carbocycles. The highest BCUT2D eigenvalue weighted by atomic mass is 32.1. The Labute approximate surface area is 163 Å². The molecule has 2 unspecified atom stereocenters. The van der Waals surface area contributed by atoms with Crippen LogP contribution in [0.4, 0.5) is 4.39 Å². The molecular weight excluding hydrogens is 363 g/mol. The monoisotopic (exact) mass is 388 g/mol. The maximum atomic E-state index is 13.2. The van der Waals surface area contributed by atoms with Gasteiger partial charge < -0.3 is 10.2 Å². The van der Waals surface area contributed by atoms with Gasteiger partial charge >= 0.3 is 0 Å². The van der Waals surface area contributed by atoms with Crippen LogP contribution in [0.2, 0.25) is 0 Å². The number of carbonyl (C=O) groups excluding carboxylic acids is 2. The first-order valence-electron chi connectivity index (χ1n) is 9.34. The molecule has 0 spiro atoms. The van der Waals surface area contributed by atoms with Crippen LogP contribution in [0.25, 0.3) is 0 Å². The molecule has 1 aliphatic rings. The second kappa shape index (κ2) is 8.65. The fourth-order valence-electron chi connectivity index (χ4n) is 3.51. The number of nitrogens with zero attached hydrogens (tertiary/aromatic N) is 1. The molecule has 6 heteroatoms. The van der Waals surface area contributed by atoms with E-state index in [2.05, 4.69) is 5.32 Å². The van der Waals surface area contributed by atoms with Gasteiger partial charge in [0.2, 0.25) is 5.91 Å². The Balaban J connectivity index is 1.66. The summed E-state index contributed by atoms with van der Waals surface area (Å²) in [5, 5.41) is 5.01. The Morgan fingerprint density at radius 3 is 2.59 bits per heavy atom. The number of amides is 2. The minimum absolute atomic E-state index is 0.00134. The lowest BCUT2D eigenvalue weighted by atomic mass is 9.92. The topological polar surface area (TPSA) is 49.4 Å². The second-order valence-electron chi connectivity index (χ2n) is 7.35. The maximum Gasteiger partial charge on any atom is 0.263 e. The molecule has 0 saturated carbocycles. The van der Waals surface area contributed by atoms with Crippen LogP contribution in [0.5, 0.6) is 0 Å². The van der Waals surface area contributed by atoms with Crippen LogP contribution in [-0.2, 0) is 4.79 Å². The van der Waals surface area contributed by atoms with Crippen molar-refractivity contribution in [3.63, 3.8) is 0 Å². The number of rotatable bonds is 5. The van der Waals surface area contributed by atoms with Gasteiger partial charge in [0.05, 0.1) is 16.8 Å². The van der Waals surface area contributed by atoms with Gasteiger partial charge in [0, 0.05) is 13.1 Å². The van der Waals surface area contributed by atoms with E-state index in [9.17, 15) is 14.0 Å². The molecule has 27 heavy (non-hydrogen) atoms. The zero-order valence-electron chi connectivity index (χ0n) is 15.7. The number of likely N-dealkylation sites (tertiary alicyclic amines) is 1. The number of nitrogens with one attached hydrogen (secondary N) is 1. The highest BCUT2D eigenvalue weighted by Gasteiger charge is 2.31. The molecule has 144 valence electrons.